The number of carboxylic acid groups (broad SMARTS) is 1. The van der Waals surface area contributed by atoms with Crippen LogP contribution in [-0.2, 0) is 9.53 Å². The molecular formula is C27H25BrN2O5. The number of ether oxygens (including phenoxy) is 1. The largest absolute Gasteiger partial charge is 0.478 e. The maximum absolute atomic E-state index is 13.0. The van der Waals surface area contributed by atoms with E-state index in [0.717, 1.165) is 22.3 Å². The molecule has 0 radical (unpaired) electrons. The van der Waals surface area contributed by atoms with E-state index in [1.54, 1.807) is 12.1 Å². The maximum atomic E-state index is 13.0. The van der Waals surface area contributed by atoms with Gasteiger partial charge in [-0.2, -0.15) is 0 Å². The lowest BCUT2D eigenvalue weighted by molar-refractivity contribution is -0.118. The number of fused-ring (bicyclic) bond motifs is 3. The molecule has 1 aliphatic carbocycles. The molecule has 0 spiro atoms. The summed E-state index contributed by atoms with van der Waals surface area (Å²) in [5, 5.41) is 14.7. The molecule has 180 valence electrons. The summed E-state index contributed by atoms with van der Waals surface area (Å²) in [7, 11) is 0. The highest BCUT2D eigenvalue weighted by Gasteiger charge is 2.30. The Hall–Kier alpha value is -3.65. The van der Waals surface area contributed by atoms with E-state index < -0.39 is 24.0 Å². The molecule has 0 aliphatic heterocycles. The zero-order valence-electron chi connectivity index (χ0n) is 19.1. The van der Waals surface area contributed by atoms with E-state index in [0.29, 0.717) is 17.3 Å². The van der Waals surface area contributed by atoms with Gasteiger partial charge in [0.05, 0.1) is 11.3 Å². The molecule has 1 atom stereocenters. The van der Waals surface area contributed by atoms with Gasteiger partial charge in [-0.25, -0.2) is 9.59 Å². The van der Waals surface area contributed by atoms with Gasteiger partial charge in [0.15, 0.2) is 0 Å². The third-order valence-corrected chi connectivity index (χ3v) is 6.68. The Bertz CT molecular complexity index is 1230. The summed E-state index contributed by atoms with van der Waals surface area (Å²) < 4.78 is 6.00. The first-order valence-electron chi connectivity index (χ1n) is 11.3. The number of aromatic carboxylic acids is 1. The summed E-state index contributed by atoms with van der Waals surface area (Å²) in [6.07, 6.45) is 0.290. The van der Waals surface area contributed by atoms with Gasteiger partial charge in [-0.05, 0) is 56.7 Å². The Labute approximate surface area is 211 Å². The minimum absolute atomic E-state index is 0.0517. The fraction of sp³-hybridized carbons (Fsp3) is 0.222. The summed E-state index contributed by atoms with van der Waals surface area (Å²) in [5.41, 5.74) is 4.54. The number of para-hydroxylation sites is 1. The maximum Gasteiger partial charge on any atom is 0.407 e. The second kappa shape index (κ2) is 10.7. The quantitative estimate of drug-likeness (QED) is 0.337. The number of hydrogen-bond donors (Lipinski definition) is 3. The molecule has 2 amide bonds. The van der Waals surface area contributed by atoms with Crippen LogP contribution in [0.5, 0.6) is 0 Å². The molecule has 0 heterocycles. The first-order chi connectivity index (χ1) is 16.9. The van der Waals surface area contributed by atoms with Crippen molar-refractivity contribution in [3.05, 3.63) is 87.9 Å². The van der Waals surface area contributed by atoms with Crippen molar-refractivity contribution in [1.29, 1.82) is 0 Å². The number of amides is 2. The molecule has 35 heavy (non-hydrogen) atoms. The van der Waals surface area contributed by atoms with Crippen molar-refractivity contribution in [2.45, 2.75) is 31.7 Å². The first-order valence-corrected chi connectivity index (χ1v) is 12.1. The van der Waals surface area contributed by atoms with E-state index >= 15 is 0 Å². The Morgan fingerprint density at radius 2 is 1.60 bits per heavy atom. The SMILES string of the molecule is CCCC(NC(=O)OCC1c2ccccc2-c2ccccc21)C(=O)Nc1c(Br)cccc1C(=O)O. The standard InChI is InChI=1S/C27H25BrN2O5/c1-2-8-23(25(31)30-24-20(26(32)33)13-7-14-22(24)28)29-27(34)35-15-21-18-11-5-3-9-16(18)17-10-4-6-12-19(17)21/h3-7,9-14,21,23H,2,8,15H2,1H3,(H,29,34)(H,30,31)(H,32,33). The topological polar surface area (TPSA) is 105 Å². The second-order valence-corrected chi connectivity index (χ2v) is 9.12. The first kappa shape index (κ1) is 24.5. The molecule has 0 bridgehead atoms. The number of carbonyl (C=O) groups excluding carboxylic acids is 2. The number of carbonyl (C=O) groups is 3. The number of alkyl carbamates (subject to hydrolysis) is 1. The van der Waals surface area contributed by atoms with Crippen molar-refractivity contribution in [3.8, 4) is 11.1 Å². The van der Waals surface area contributed by atoms with E-state index in [1.165, 1.54) is 6.07 Å². The van der Waals surface area contributed by atoms with Gasteiger partial charge < -0.3 is 20.5 Å². The van der Waals surface area contributed by atoms with E-state index in [4.69, 9.17) is 4.74 Å². The van der Waals surface area contributed by atoms with Crippen molar-refractivity contribution in [2.24, 2.45) is 0 Å². The summed E-state index contributed by atoms with van der Waals surface area (Å²) in [5.74, 6) is -1.78. The second-order valence-electron chi connectivity index (χ2n) is 8.27. The Morgan fingerprint density at radius 1 is 0.971 bits per heavy atom. The van der Waals surface area contributed by atoms with E-state index in [2.05, 4.69) is 38.7 Å². The van der Waals surface area contributed by atoms with Crippen LogP contribution in [0.4, 0.5) is 10.5 Å². The molecule has 8 heteroatoms. The Kier molecular flexibility index (Phi) is 7.51. The summed E-state index contributed by atoms with van der Waals surface area (Å²) >= 11 is 3.28. The average Bonchev–Trinajstić information content (AvgIpc) is 3.17. The van der Waals surface area contributed by atoms with Crippen LogP contribution in [0.15, 0.2) is 71.2 Å². The minimum Gasteiger partial charge on any atom is -0.478 e. The normalized spacial score (nSPS) is 12.9. The molecule has 3 aromatic rings. The third-order valence-electron chi connectivity index (χ3n) is 6.02. The van der Waals surface area contributed by atoms with Gasteiger partial charge in [0, 0.05) is 10.4 Å². The fourth-order valence-corrected chi connectivity index (χ4v) is 4.84. The zero-order chi connectivity index (χ0) is 24.9. The van der Waals surface area contributed by atoms with Crippen LogP contribution < -0.4 is 10.6 Å². The highest BCUT2D eigenvalue weighted by atomic mass is 79.9. The van der Waals surface area contributed by atoms with E-state index in [9.17, 15) is 19.5 Å². The number of nitrogens with one attached hydrogen (secondary N) is 2. The van der Waals surface area contributed by atoms with Gasteiger partial charge in [-0.3, -0.25) is 4.79 Å². The van der Waals surface area contributed by atoms with Crippen molar-refractivity contribution in [3.63, 3.8) is 0 Å². The van der Waals surface area contributed by atoms with E-state index in [1.807, 2.05) is 43.3 Å². The molecule has 0 saturated heterocycles. The van der Waals surface area contributed by atoms with Gasteiger partial charge in [-0.15, -0.1) is 0 Å². The van der Waals surface area contributed by atoms with E-state index in [-0.39, 0.29) is 23.8 Å². The van der Waals surface area contributed by atoms with Crippen LogP contribution in [-0.4, -0.2) is 35.7 Å². The van der Waals surface area contributed by atoms with Crippen LogP contribution in [0.2, 0.25) is 0 Å². The van der Waals surface area contributed by atoms with Crippen LogP contribution in [0, 0.1) is 0 Å². The number of benzene rings is 3. The molecule has 0 fully saturated rings. The lowest BCUT2D eigenvalue weighted by Gasteiger charge is -2.20. The van der Waals surface area contributed by atoms with Crippen LogP contribution in [0.3, 0.4) is 0 Å². The smallest absolute Gasteiger partial charge is 0.407 e. The molecule has 3 aromatic carbocycles. The van der Waals surface area contributed by atoms with Crippen LogP contribution in [0.25, 0.3) is 11.1 Å². The van der Waals surface area contributed by atoms with Gasteiger partial charge in [0.25, 0.3) is 0 Å². The molecule has 7 nitrogen and oxygen atoms in total. The number of halogens is 1. The van der Waals surface area contributed by atoms with Gasteiger partial charge in [-0.1, -0.05) is 67.9 Å². The fourth-order valence-electron chi connectivity index (χ4n) is 4.38. The number of hydrogen-bond acceptors (Lipinski definition) is 4. The molecule has 0 saturated carbocycles. The van der Waals surface area contributed by atoms with Crippen molar-refractivity contribution in [2.75, 3.05) is 11.9 Å². The minimum atomic E-state index is -1.17. The monoisotopic (exact) mass is 536 g/mol. The van der Waals surface area contributed by atoms with Crippen molar-refractivity contribution < 1.29 is 24.2 Å². The highest BCUT2D eigenvalue weighted by Crippen LogP contribution is 2.44. The molecule has 1 unspecified atom stereocenters. The van der Waals surface area contributed by atoms with Gasteiger partial charge in [0.2, 0.25) is 5.91 Å². The Balaban J connectivity index is 1.44. The third kappa shape index (κ3) is 5.22. The highest BCUT2D eigenvalue weighted by molar-refractivity contribution is 9.10. The van der Waals surface area contributed by atoms with Gasteiger partial charge >= 0.3 is 12.1 Å². The molecule has 4 rings (SSSR count). The van der Waals surface area contributed by atoms with Gasteiger partial charge in [0.1, 0.15) is 12.6 Å². The molecule has 0 aromatic heterocycles. The molecule has 3 N–H and O–H groups in total. The number of anilines is 1. The average molecular weight is 537 g/mol. The lowest BCUT2D eigenvalue weighted by atomic mass is 9.98. The summed E-state index contributed by atoms with van der Waals surface area (Å²) in [6, 6.07) is 19.8. The Morgan fingerprint density at radius 3 is 2.20 bits per heavy atom. The summed E-state index contributed by atoms with van der Waals surface area (Å²) in [6.45, 7) is 2.02. The zero-order valence-corrected chi connectivity index (χ0v) is 20.7. The van der Waals surface area contributed by atoms with Crippen molar-refractivity contribution >= 4 is 39.6 Å². The summed E-state index contributed by atoms with van der Waals surface area (Å²) in [4.78, 5) is 37.2. The van der Waals surface area contributed by atoms with Crippen LogP contribution >= 0.6 is 15.9 Å². The molecule has 1 aliphatic rings. The number of rotatable bonds is 8. The van der Waals surface area contributed by atoms with Crippen LogP contribution in [0.1, 0.15) is 47.2 Å². The lowest BCUT2D eigenvalue weighted by Crippen LogP contribution is -2.44. The number of carboxylic acids is 1. The predicted octanol–water partition coefficient (Wildman–Crippen LogP) is 5.79. The molecular weight excluding hydrogens is 512 g/mol. The van der Waals surface area contributed by atoms with Crippen molar-refractivity contribution in [1.82, 2.24) is 5.32 Å². The predicted molar refractivity (Wildman–Crippen MR) is 137 cm³/mol.